The van der Waals surface area contributed by atoms with Gasteiger partial charge in [0.1, 0.15) is 11.5 Å². The first-order valence-electron chi connectivity index (χ1n) is 8.72. The largest absolute Gasteiger partial charge is 0.493 e. The summed E-state index contributed by atoms with van der Waals surface area (Å²) in [5.41, 5.74) is 13.7. The van der Waals surface area contributed by atoms with Gasteiger partial charge in [-0.3, -0.25) is 0 Å². The zero-order valence-electron chi connectivity index (χ0n) is 16.5. The second kappa shape index (κ2) is 12.0. The van der Waals surface area contributed by atoms with E-state index in [-0.39, 0.29) is 11.8 Å². The van der Waals surface area contributed by atoms with Crippen molar-refractivity contribution >= 4 is 102 Å². The summed E-state index contributed by atoms with van der Waals surface area (Å²) in [6.45, 7) is 6.89. The number of benzene rings is 2. The van der Waals surface area contributed by atoms with Gasteiger partial charge in [0.15, 0.2) is 11.6 Å². The van der Waals surface area contributed by atoms with Crippen LogP contribution in [0.3, 0.4) is 0 Å². The van der Waals surface area contributed by atoms with Crippen molar-refractivity contribution in [3.63, 3.8) is 0 Å². The summed E-state index contributed by atoms with van der Waals surface area (Å²) in [4.78, 5) is 7.72. The summed E-state index contributed by atoms with van der Waals surface area (Å²) in [6.07, 6.45) is 1.47. The van der Waals surface area contributed by atoms with Crippen molar-refractivity contribution in [1.82, 2.24) is 9.97 Å². The smallest absolute Gasteiger partial charge is 0.222 e. The van der Waals surface area contributed by atoms with Gasteiger partial charge in [0, 0.05) is 7.14 Å². The van der Waals surface area contributed by atoms with E-state index >= 15 is 0 Å². The fourth-order valence-electron chi connectivity index (χ4n) is 2.20. The van der Waals surface area contributed by atoms with Crippen LogP contribution in [0.4, 0.5) is 11.8 Å². The Bertz CT molecular complexity index is 1050. The molecule has 4 N–H and O–H groups in total. The number of anilines is 2. The Hall–Kier alpha value is -0.360. The van der Waals surface area contributed by atoms with Gasteiger partial charge in [-0.1, -0.05) is 0 Å². The van der Waals surface area contributed by atoms with Crippen LogP contribution >= 0.6 is 90.4 Å². The molecular formula is C20H20I4N4O2. The lowest BCUT2D eigenvalue weighted by atomic mass is 10.2. The number of ether oxygens (including phenoxy) is 2. The van der Waals surface area contributed by atoms with E-state index in [0.29, 0.717) is 5.75 Å². The minimum absolute atomic E-state index is 0.132. The van der Waals surface area contributed by atoms with Gasteiger partial charge >= 0.3 is 0 Å². The lowest BCUT2D eigenvalue weighted by Crippen LogP contribution is -2.02. The fraction of sp³-hybridized carbons (Fsp3) is 0.200. The van der Waals surface area contributed by atoms with Gasteiger partial charge in [0.05, 0.1) is 19.9 Å². The fourth-order valence-corrected chi connectivity index (χ4v) is 4.58. The molecule has 0 aliphatic heterocycles. The van der Waals surface area contributed by atoms with E-state index in [4.69, 9.17) is 20.9 Å². The average molecular weight is 856 g/mol. The SMILES string of the molecule is CCOc1cc(I)c(C)cc1I.Cc1cc(I)c(Oc2cnc(N)nc2N)cc1I. The molecule has 1 aromatic heterocycles. The predicted molar refractivity (Wildman–Crippen MR) is 155 cm³/mol. The van der Waals surface area contributed by atoms with Gasteiger partial charge in [-0.05, 0) is 147 Å². The quantitative estimate of drug-likeness (QED) is 0.289. The topological polar surface area (TPSA) is 96.3 Å². The number of hydrogen-bond donors (Lipinski definition) is 2. The Balaban J connectivity index is 0.000000232. The number of aryl methyl sites for hydroxylation is 2. The van der Waals surface area contributed by atoms with Gasteiger partial charge < -0.3 is 20.9 Å². The summed E-state index contributed by atoms with van der Waals surface area (Å²) < 4.78 is 15.7. The average Bonchev–Trinajstić information content (AvgIpc) is 2.67. The number of nitrogens with two attached hydrogens (primary N) is 2. The Morgan fingerprint density at radius 1 is 0.800 bits per heavy atom. The number of aromatic nitrogens is 2. The van der Waals surface area contributed by atoms with Crippen molar-refractivity contribution < 1.29 is 9.47 Å². The Labute approximate surface area is 230 Å². The Kier molecular flexibility index (Phi) is 10.4. The second-order valence-corrected chi connectivity index (χ2v) is 10.7. The normalized spacial score (nSPS) is 10.2. The highest BCUT2D eigenvalue weighted by molar-refractivity contribution is 14.1. The van der Waals surface area contributed by atoms with Gasteiger partial charge in [-0.2, -0.15) is 4.98 Å². The molecule has 0 aliphatic carbocycles. The number of hydrogen-bond acceptors (Lipinski definition) is 6. The van der Waals surface area contributed by atoms with Crippen LogP contribution in [0.15, 0.2) is 30.5 Å². The molecule has 2 aromatic carbocycles. The third-order valence-electron chi connectivity index (χ3n) is 3.75. The summed E-state index contributed by atoms with van der Waals surface area (Å²) in [7, 11) is 0. The van der Waals surface area contributed by atoms with Crippen LogP contribution in [0.25, 0.3) is 0 Å². The van der Waals surface area contributed by atoms with Crippen molar-refractivity contribution in [2.24, 2.45) is 0 Å². The van der Waals surface area contributed by atoms with Gasteiger partial charge in [0.25, 0.3) is 0 Å². The zero-order valence-corrected chi connectivity index (χ0v) is 25.1. The highest BCUT2D eigenvalue weighted by atomic mass is 127. The first kappa shape index (κ1) is 25.9. The number of halogens is 4. The molecule has 6 nitrogen and oxygen atoms in total. The van der Waals surface area contributed by atoms with E-state index in [9.17, 15) is 0 Å². The second-order valence-electron chi connectivity index (χ2n) is 6.08. The predicted octanol–water partition coefficient (Wildman–Crippen LogP) is 6.55. The van der Waals surface area contributed by atoms with E-state index in [2.05, 4.69) is 126 Å². The zero-order chi connectivity index (χ0) is 22.4. The van der Waals surface area contributed by atoms with E-state index in [1.807, 2.05) is 19.1 Å². The molecule has 3 aromatic rings. The molecule has 160 valence electrons. The van der Waals surface area contributed by atoms with Crippen molar-refractivity contribution in [1.29, 1.82) is 0 Å². The number of nitrogen functional groups attached to an aromatic ring is 2. The minimum Gasteiger partial charge on any atom is -0.493 e. The molecule has 0 saturated carbocycles. The van der Waals surface area contributed by atoms with Crippen LogP contribution in [0.2, 0.25) is 0 Å². The first-order chi connectivity index (χ1) is 14.1. The summed E-state index contributed by atoms with van der Waals surface area (Å²) in [5.74, 6) is 2.49. The van der Waals surface area contributed by atoms with Crippen molar-refractivity contribution in [2.45, 2.75) is 20.8 Å². The maximum Gasteiger partial charge on any atom is 0.222 e. The summed E-state index contributed by atoms with van der Waals surface area (Å²) in [5, 5.41) is 0. The molecule has 1 heterocycles. The highest BCUT2D eigenvalue weighted by Gasteiger charge is 2.10. The molecule has 0 aliphatic rings. The van der Waals surface area contributed by atoms with Crippen molar-refractivity contribution in [3.05, 3.63) is 55.9 Å². The van der Waals surface area contributed by atoms with Gasteiger partial charge in [-0.15, -0.1) is 0 Å². The molecular weight excluding hydrogens is 836 g/mol. The summed E-state index contributed by atoms with van der Waals surface area (Å²) in [6, 6.07) is 8.23. The number of nitrogens with zero attached hydrogens (tertiary/aromatic N) is 2. The first-order valence-corrected chi connectivity index (χ1v) is 13.0. The molecule has 0 spiro atoms. The van der Waals surface area contributed by atoms with E-state index in [1.54, 1.807) is 0 Å². The van der Waals surface area contributed by atoms with Crippen LogP contribution in [0.5, 0.6) is 17.2 Å². The molecule has 3 rings (SSSR count). The molecule has 10 heteroatoms. The molecule has 0 unspecified atom stereocenters. The third-order valence-corrected chi connectivity index (χ3v) is 7.76. The Morgan fingerprint density at radius 2 is 1.33 bits per heavy atom. The molecule has 0 radical (unpaired) electrons. The van der Waals surface area contributed by atoms with Gasteiger partial charge in [-0.25, -0.2) is 4.98 Å². The molecule has 0 saturated heterocycles. The van der Waals surface area contributed by atoms with Gasteiger partial charge in [0.2, 0.25) is 5.95 Å². The third kappa shape index (κ3) is 7.36. The van der Waals surface area contributed by atoms with Crippen molar-refractivity contribution in [3.8, 4) is 17.2 Å². The molecule has 30 heavy (non-hydrogen) atoms. The van der Waals surface area contributed by atoms with Crippen LogP contribution in [0.1, 0.15) is 18.1 Å². The monoisotopic (exact) mass is 856 g/mol. The molecule has 0 bridgehead atoms. The van der Waals surface area contributed by atoms with Crippen LogP contribution in [-0.2, 0) is 0 Å². The van der Waals surface area contributed by atoms with Crippen LogP contribution in [-0.4, -0.2) is 16.6 Å². The van der Waals surface area contributed by atoms with E-state index in [0.717, 1.165) is 25.2 Å². The maximum atomic E-state index is 5.73. The van der Waals surface area contributed by atoms with Crippen molar-refractivity contribution in [2.75, 3.05) is 18.1 Å². The minimum atomic E-state index is 0.132. The molecule has 0 amide bonds. The summed E-state index contributed by atoms with van der Waals surface area (Å²) >= 11 is 9.09. The van der Waals surface area contributed by atoms with E-state index < -0.39 is 0 Å². The van der Waals surface area contributed by atoms with E-state index in [1.165, 1.54) is 24.5 Å². The van der Waals surface area contributed by atoms with Crippen LogP contribution < -0.4 is 20.9 Å². The highest BCUT2D eigenvalue weighted by Crippen LogP contribution is 2.32. The lowest BCUT2D eigenvalue weighted by molar-refractivity contribution is 0.337. The standard InChI is InChI=1S/C11H10I2N4O.C9H10I2O/c1-5-2-7(13)8(3-6(5)12)18-9-4-16-11(15)17-10(9)14;1-3-12-9-5-7(10)6(2)4-8(9)11/h2-4H,1H3,(H4,14,15,16,17);4-5H,3H2,1-2H3. The molecule has 0 atom stereocenters. The lowest BCUT2D eigenvalue weighted by Gasteiger charge is -2.11. The van der Waals surface area contributed by atoms with Crippen LogP contribution in [0, 0.1) is 28.1 Å². The number of rotatable bonds is 4. The maximum absolute atomic E-state index is 5.73. The Morgan fingerprint density at radius 3 is 1.87 bits per heavy atom. The molecule has 0 fully saturated rings.